The molecule has 1 aliphatic carbocycles. The minimum atomic E-state index is -0.497. The van der Waals surface area contributed by atoms with Crippen molar-refractivity contribution in [1.82, 2.24) is 19.7 Å². The highest BCUT2D eigenvalue weighted by Crippen LogP contribution is 2.40. The van der Waals surface area contributed by atoms with Crippen molar-refractivity contribution in [2.75, 3.05) is 18.2 Å². The van der Waals surface area contributed by atoms with E-state index in [1.807, 2.05) is 12.1 Å². The lowest BCUT2D eigenvalue weighted by molar-refractivity contribution is -0.113. The number of ether oxygens (including phenoxy) is 1. The molecule has 1 saturated carbocycles. The molecule has 148 valence electrons. The molecular formula is C20H19N5O3S. The first-order chi connectivity index (χ1) is 14.2. The van der Waals surface area contributed by atoms with Crippen LogP contribution < -0.4 is 5.32 Å². The second-order valence-corrected chi connectivity index (χ2v) is 7.47. The number of anilines is 1. The minimum Gasteiger partial charge on any atom is -0.465 e. The molecule has 0 saturated heterocycles. The Kier molecular flexibility index (Phi) is 5.57. The highest BCUT2D eigenvalue weighted by Gasteiger charge is 2.30. The number of amides is 1. The van der Waals surface area contributed by atoms with Crippen LogP contribution in [0.5, 0.6) is 0 Å². The van der Waals surface area contributed by atoms with E-state index < -0.39 is 5.97 Å². The number of pyridine rings is 1. The van der Waals surface area contributed by atoms with Gasteiger partial charge in [0.25, 0.3) is 0 Å². The largest absolute Gasteiger partial charge is 0.465 e. The summed E-state index contributed by atoms with van der Waals surface area (Å²) in [5.41, 5.74) is 1.63. The van der Waals surface area contributed by atoms with E-state index >= 15 is 0 Å². The van der Waals surface area contributed by atoms with Gasteiger partial charge in [0.15, 0.2) is 11.0 Å². The number of hydrogen-bond donors (Lipinski definition) is 1. The molecule has 1 N–H and O–H groups in total. The Bertz CT molecular complexity index is 1030. The van der Waals surface area contributed by atoms with Crippen molar-refractivity contribution in [3.8, 4) is 11.4 Å². The maximum atomic E-state index is 12.5. The number of rotatable bonds is 7. The van der Waals surface area contributed by atoms with Crippen LogP contribution in [0.1, 0.15) is 29.2 Å². The van der Waals surface area contributed by atoms with Gasteiger partial charge in [-0.1, -0.05) is 23.9 Å². The van der Waals surface area contributed by atoms with Gasteiger partial charge in [-0.15, -0.1) is 10.2 Å². The molecule has 1 amide bonds. The number of nitrogens with zero attached hydrogens (tertiary/aromatic N) is 4. The number of benzene rings is 1. The topological polar surface area (TPSA) is 99.0 Å². The molecule has 0 radical (unpaired) electrons. The third-order valence-electron chi connectivity index (χ3n) is 4.44. The van der Waals surface area contributed by atoms with Crippen LogP contribution in [-0.2, 0) is 9.53 Å². The zero-order chi connectivity index (χ0) is 20.2. The van der Waals surface area contributed by atoms with E-state index in [-0.39, 0.29) is 11.7 Å². The molecule has 2 aromatic heterocycles. The smallest absolute Gasteiger partial charge is 0.339 e. The highest BCUT2D eigenvalue weighted by molar-refractivity contribution is 7.99. The molecule has 1 fully saturated rings. The van der Waals surface area contributed by atoms with E-state index in [0.717, 1.165) is 24.2 Å². The summed E-state index contributed by atoms with van der Waals surface area (Å²) < 4.78 is 6.84. The first-order valence-corrected chi connectivity index (χ1v) is 10.1. The molecule has 29 heavy (non-hydrogen) atoms. The molecule has 0 atom stereocenters. The van der Waals surface area contributed by atoms with Crippen LogP contribution in [0.25, 0.3) is 11.4 Å². The predicted octanol–water partition coefficient (Wildman–Crippen LogP) is 3.19. The Morgan fingerprint density at radius 1 is 1.21 bits per heavy atom. The van der Waals surface area contributed by atoms with E-state index in [1.165, 1.54) is 18.9 Å². The molecule has 1 aromatic carbocycles. The summed E-state index contributed by atoms with van der Waals surface area (Å²) in [5, 5.41) is 12.1. The van der Waals surface area contributed by atoms with Crippen LogP contribution in [0, 0.1) is 0 Å². The second-order valence-electron chi connectivity index (χ2n) is 6.52. The van der Waals surface area contributed by atoms with E-state index in [2.05, 4.69) is 25.1 Å². The van der Waals surface area contributed by atoms with Gasteiger partial charge >= 0.3 is 5.97 Å². The fourth-order valence-electron chi connectivity index (χ4n) is 2.93. The minimum absolute atomic E-state index is 0.146. The summed E-state index contributed by atoms with van der Waals surface area (Å²) in [6, 6.07) is 10.9. The average molecular weight is 409 g/mol. The predicted molar refractivity (Wildman–Crippen MR) is 109 cm³/mol. The van der Waals surface area contributed by atoms with E-state index in [4.69, 9.17) is 4.74 Å². The zero-order valence-corrected chi connectivity index (χ0v) is 16.6. The standard InChI is InChI=1S/C20H19N5O3S/c1-28-19(27)15-6-2-3-7-16(15)22-17(26)12-29-20-24-23-18(25(20)14-8-9-14)13-5-4-10-21-11-13/h2-7,10-11,14H,8-9,12H2,1H3,(H,22,26). The molecule has 0 spiro atoms. The van der Waals surface area contributed by atoms with Gasteiger partial charge in [-0.25, -0.2) is 4.79 Å². The first-order valence-electron chi connectivity index (χ1n) is 9.12. The van der Waals surface area contributed by atoms with Crippen molar-refractivity contribution >= 4 is 29.3 Å². The van der Waals surface area contributed by atoms with Crippen molar-refractivity contribution in [3.63, 3.8) is 0 Å². The molecular weight excluding hydrogens is 390 g/mol. The fraction of sp³-hybridized carbons (Fsp3) is 0.250. The Balaban J connectivity index is 1.47. The lowest BCUT2D eigenvalue weighted by atomic mass is 10.2. The van der Waals surface area contributed by atoms with Gasteiger partial charge in [0.1, 0.15) is 0 Å². The summed E-state index contributed by atoms with van der Waals surface area (Å²) in [4.78, 5) is 28.5. The molecule has 9 heteroatoms. The van der Waals surface area contributed by atoms with Crippen molar-refractivity contribution in [2.45, 2.75) is 24.0 Å². The SMILES string of the molecule is COC(=O)c1ccccc1NC(=O)CSc1nnc(-c2cccnc2)n1C1CC1. The summed E-state index contributed by atoms with van der Waals surface area (Å²) >= 11 is 1.32. The number of para-hydroxylation sites is 1. The van der Waals surface area contributed by atoms with Crippen LogP contribution in [-0.4, -0.2) is 44.5 Å². The highest BCUT2D eigenvalue weighted by atomic mass is 32.2. The summed E-state index contributed by atoms with van der Waals surface area (Å²) in [5.74, 6) is 0.176. The third kappa shape index (κ3) is 4.29. The Morgan fingerprint density at radius 2 is 2.03 bits per heavy atom. The quantitative estimate of drug-likeness (QED) is 0.472. The van der Waals surface area contributed by atoms with Gasteiger partial charge in [0.2, 0.25) is 5.91 Å². The number of aromatic nitrogens is 4. The first kappa shape index (κ1) is 19.1. The Hall–Kier alpha value is -3.20. The van der Waals surface area contributed by atoms with E-state index in [9.17, 15) is 9.59 Å². The molecule has 2 heterocycles. The normalized spacial score (nSPS) is 13.1. The van der Waals surface area contributed by atoms with Gasteiger partial charge in [-0.2, -0.15) is 0 Å². The maximum absolute atomic E-state index is 12.5. The van der Waals surface area contributed by atoms with Gasteiger partial charge < -0.3 is 10.1 Å². The van der Waals surface area contributed by atoms with Crippen molar-refractivity contribution < 1.29 is 14.3 Å². The molecule has 0 aliphatic heterocycles. The second kappa shape index (κ2) is 8.44. The maximum Gasteiger partial charge on any atom is 0.339 e. The lowest BCUT2D eigenvalue weighted by Gasteiger charge is -2.10. The number of esters is 1. The van der Waals surface area contributed by atoms with E-state index in [0.29, 0.717) is 22.4 Å². The third-order valence-corrected chi connectivity index (χ3v) is 5.38. The molecule has 3 aromatic rings. The van der Waals surface area contributed by atoms with Crippen molar-refractivity contribution in [3.05, 3.63) is 54.4 Å². The lowest BCUT2D eigenvalue weighted by Crippen LogP contribution is -2.17. The van der Waals surface area contributed by atoms with Crippen LogP contribution in [0.2, 0.25) is 0 Å². The average Bonchev–Trinajstić information content (AvgIpc) is 3.51. The Labute approximate surface area is 171 Å². The van der Waals surface area contributed by atoms with Crippen molar-refractivity contribution in [2.24, 2.45) is 0 Å². The molecule has 0 unspecified atom stereocenters. The number of nitrogens with one attached hydrogen (secondary N) is 1. The van der Waals surface area contributed by atoms with Gasteiger partial charge in [-0.3, -0.25) is 14.3 Å². The van der Waals surface area contributed by atoms with Gasteiger partial charge in [-0.05, 0) is 37.1 Å². The number of carbonyl (C=O) groups excluding carboxylic acids is 2. The Morgan fingerprint density at radius 3 is 2.76 bits per heavy atom. The van der Waals surface area contributed by atoms with Crippen LogP contribution in [0.3, 0.4) is 0 Å². The van der Waals surface area contributed by atoms with Crippen molar-refractivity contribution in [1.29, 1.82) is 0 Å². The zero-order valence-electron chi connectivity index (χ0n) is 15.7. The number of methoxy groups -OCH3 is 1. The number of thioether (sulfide) groups is 1. The van der Waals surface area contributed by atoms with Crippen LogP contribution >= 0.6 is 11.8 Å². The monoisotopic (exact) mass is 409 g/mol. The molecule has 1 aliphatic rings. The molecule has 4 rings (SSSR count). The molecule has 8 nitrogen and oxygen atoms in total. The van der Waals surface area contributed by atoms with E-state index in [1.54, 1.807) is 36.7 Å². The summed E-state index contributed by atoms with van der Waals surface area (Å²) in [6.45, 7) is 0. The molecule has 0 bridgehead atoms. The van der Waals surface area contributed by atoms with Gasteiger partial charge in [0.05, 0.1) is 24.1 Å². The fourth-order valence-corrected chi connectivity index (χ4v) is 3.73. The summed E-state index contributed by atoms with van der Waals surface area (Å²) in [6.07, 6.45) is 5.61. The number of carbonyl (C=O) groups is 2. The van der Waals surface area contributed by atoms with Crippen LogP contribution in [0.4, 0.5) is 5.69 Å². The number of hydrogen-bond acceptors (Lipinski definition) is 7. The van der Waals surface area contributed by atoms with Gasteiger partial charge in [0, 0.05) is 24.0 Å². The summed E-state index contributed by atoms with van der Waals surface area (Å²) in [7, 11) is 1.31. The van der Waals surface area contributed by atoms with Crippen LogP contribution in [0.15, 0.2) is 53.9 Å².